The lowest BCUT2D eigenvalue weighted by atomic mass is 9.84. The number of guanidine groups is 1. The molecule has 1 aliphatic rings. The molecule has 3 rings (SSSR count). The fraction of sp³-hybridized carbons (Fsp3) is 0.222. The van der Waals surface area contributed by atoms with Crippen molar-refractivity contribution in [3.63, 3.8) is 0 Å². The molecule has 1 atom stereocenters. The van der Waals surface area contributed by atoms with Gasteiger partial charge in [-0.25, -0.2) is 4.99 Å². The van der Waals surface area contributed by atoms with Gasteiger partial charge in [-0.3, -0.25) is 10.1 Å². The molecule has 0 saturated heterocycles. The summed E-state index contributed by atoms with van der Waals surface area (Å²) in [6.07, 6.45) is 0.399. The second-order valence-electron chi connectivity index (χ2n) is 5.56. The molecule has 1 unspecified atom stereocenters. The summed E-state index contributed by atoms with van der Waals surface area (Å²) < 4.78 is 10.4. The van der Waals surface area contributed by atoms with E-state index in [0.717, 1.165) is 16.9 Å². The van der Waals surface area contributed by atoms with E-state index in [1.54, 1.807) is 14.2 Å². The highest BCUT2D eigenvalue weighted by atomic mass is 16.5. The Labute approximate surface area is 140 Å². The van der Waals surface area contributed by atoms with E-state index in [0.29, 0.717) is 12.2 Å². The molecule has 0 aromatic heterocycles. The summed E-state index contributed by atoms with van der Waals surface area (Å²) in [7, 11) is 3.21. The lowest BCUT2D eigenvalue weighted by Crippen LogP contribution is -2.40. The SMILES string of the molecule is COc1ccc(CC2(c3ccc(OC)cc3)N=C(N)NC2=O)cc1. The molecule has 2 aromatic rings. The topological polar surface area (TPSA) is 85.9 Å². The highest BCUT2D eigenvalue weighted by Gasteiger charge is 2.44. The van der Waals surface area contributed by atoms with Crippen LogP contribution in [0.2, 0.25) is 0 Å². The minimum absolute atomic E-state index is 0.129. The average Bonchev–Trinajstić information content (AvgIpc) is 2.90. The second-order valence-corrected chi connectivity index (χ2v) is 5.56. The summed E-state index contributed by atoms with van der Waals surface area (Å²) in [6.45, 7) is 0. The zero-order valence-electron chi connectivity index (χ0n) is 13.6. The van der Waals surface area contributed by atoms with E-state index in [-0.39, 0.29) is 11.9 Å². The Kier molecular flexibility index (Phi) is 4.12. The molecular formula is C18H19N3O3. The number of ether oxygens (including phenoxy) is 2. The van der Waals surface area contributed by atoms with E-state index in [4.69, 9.17) is 15.2 Å². The van der Waals surface area contributed by atoms with Gasteiger partial charge < -0.3 is 15.2 Å². The Balaban J connectivity index is 2.00. The van der Waals surface area contributed by atoms with Crippen molar-refractivity contribution >= 4 is 11.9 Å². The number of methoxy groups -OCH3 is 2. The Morgan fingerprint density at radius 3 is 2.00 bits per heavy atom. The fourth-order valence-electron chi connectivity index (χ4n) is 2.83. The summed E-state index contributed by atoms with van der Waals surface area (Å²) in [5.74, 6) is 1.37. The molecule has 1 amide bonds. The Morgan fingerprint density at radius 1 is 1.00 bits per heavy atom. The lowest BCUT2D eigenvalue weighted by Gasteiger charge is -2.24. The van der Waals surface area contributed by atoms with Gasteiger partial charge in [0, 0.05) is 6.42 Å². The van der Waals surface area contributed by atoms with Crippen LogP contribution in [0, 0.1) is 0 Å². The minimum atomic E-state index is -1.08. The number of aliphatic imine (C=N–C) groups is 1. The smallest absolute Gasteiger partial charge is 0.259 e. The summed E-state index contributed by atoms with van der Waals surface area (Å²) in [5, 5.41) is 2.61. The first-order chi connectivity index (χ1) is 11.6. The van der Waals surface area contributed by atoms with Crippen LogP contribution in [0.4, 0.5) is 0 Å². The third kappa shape index (κ3) is 2.78. The molecule has 3 N–H and O–H groups in total. The number of amides is 1. The van der Waals surface area contributed by atoms with Gasteiger partial charge in [0.15, 0.2) is 11.5 Å². The minimum Gasteiger partial charge on any atom is -0.497 e. The molecule has 0 bridgehead atoms. The average molecular weight is 325 g/mol. The molecule has 6 nitrogen and oxygen atoms in total. The van der Waals surface area contributed by atoms with Crippen LogP contribution in [-0.2, 0) is 16.8 Å². The number of rotatable bonds is 5. The van der Waals surface area contributed by atoms with Gasteiger partial charge in [0.1, 0.15) is 11.5 Å². The lowest BCUT2D eigenvalue weighted by molar-refractivity contribution is -0.124. The highest BCUT2D eigenvalue weighted by Crippen LogP contribution is 2.34. The van der Waals surface area contributed by atoms with E-state index in [1.807, 2.05) is 48.5 Å². The number of carbonyl (C=O) groups is 1. The first-order valence-electron chi connectivity index (χ1n) is 7.51. The van der Waals surface area contributed by atoms with Gasteiger partial charge >= 0.3 is 0 Å². The normalized spacial score (nSPS) is 19.6. The molecule has 1 heterocycles. The van der Waals surface area contributed by atoms with E-state index < -0.39 is 5.54 Å². The predicted octanol–water partition coefficient (Wildman–Crippen LogP) is 1.59. The van der Waals surface area contributed by atoms with Crippen molar-refractivity contribution in [3.05, 3.63) is 59.7 Å². The molecule has 0 radical (unpaired) electrons. The van der Waals surface area contributed by atoms with Gasteiger partial charge in [-0.1, -0.05) is 24.3 Å². The van der Waals surface area contributed by atoms with Gasteiger partial charge in [0.05, 0.1) is 14.2 Å². The largest absolute Gasteiger partial charge is 0.497 e. The van der Waals surface area contributed by atoms with Crippen LogP contribution in [0.5, 0.6) is 11.5 Å². The van der Waals surface area contributed by atoms with Crippen LogP contribution < -0.4 is 20.5 Å². The van der Waals surface area contributed by atoms with Gasteiger partial charge in [-0.15, -0.1) is 0 Å². The Bertz CT molecular complexity index is 769. The van der Waals surface area contributed by atoms with Crippen LogP contribution >= 0.6 is 0 Å². The molecule has 124 valence electrons. The summed E-state index contributed by atoms with van der Waals surface area (Å²) in [4.78, 5) is 17.1. The van der Waals surface area contributed by atoms with Crippen LogP contribution in [0.3, 0.4) is 0 Å². The van der Waals surface area contributed by atoms with Crippen molar-refractivity contribution in [2.45, 2.75) is 12.0 Å². The van der Waals surface area contributed by atoms with E-state index in [1.165, 1.54) is 0 Å². The summed E-state index contributed by atoms with van der Waals surface area (Å²) in [5.41, 5.74) is 6.41. The van der Waals surface area contributed by atoms with Crippen LogP contribution in [0.25, 0.3) is 0 Å². The van der Waals surface area contributed by atoms with Crippen LogP contribution in [0.15, 0.2) is 53.5 Å². The quantitative estimate of drug-likeness (QED) is 0.874. The molecule has 0 fully saturated rings. The Hall–Kier alpha value is -3.02. The maximum Gasteiger partial charge on any atom is 0.259 e. The van der Waals surface area contributed by atoms with Gasteiger partial charge in [-0.05, 0) is 35.4 Å². The maximum atomic E-state index is 12.6. The first kappa shape index (κ1) is 15.9. The third-order valence-corrected chi connectivity index (χ3v) is 4.12. The zero-order valence-corrected chi connectivity index (χ0v) is 13.6. The van der Waals surface area contributed by atoms with Crippen molar-refractivity contribution < 1.29 is 14.3 Å². The van der Waals surface area contributed by atoms with Gasteiger partial charge in [0.2, 0.25) is 0 Å². The van der Waals surface area contributed by atoms with Crippen molar-refractivity contribution in [2.24, 2.45) is 10.7 Å². The van der Waals surface area contributed by atoms with Crippen LogP contribution in [-0.4, -0.2) is 26.1 Å². The second kappa shape index (κ2) is 6.23. The highest BCUT2D eigenvalue weighted by molar-refractivity contribution is 6.07. The molecule has 0 aliphatic carbocycles. The number of carbonyl (C=O) groups excluding carboxylic acids is 1. The monoisotopic (exact) mass is 325 g/mol. The number of nitrogens with two attached hydrogens (primary N) is 1. The van der Waals surface area contributed by atoms with Crippen molar-refractivity contribution in [3.8, 4) is 11.5 Å². The van der Waals surface area contributed by atoms with Crippen molar-refractivity contribution in [2.75, 3.05) is 14.2 Å². The van der Waals surface area contributed by atoms with Gasteiger partial charge in [-0.2, -0.15) is 0 Å². The molecular weight excluding hydrogens is 306 g/mol. The molecule has 2 aromatic carbocycles. The van der Waals surface area contributed by atoms with Crippen molar-refractivity contribution in [1.29, 1.82) is 0 Å². The number of hydrogen-bond donors (Lipinski definition) is 2. The third-order valence-electron chi connectivity index (χ3n) is 4.12. The molecule has 0 spiro atoms. The number of nitrogens with one attached hydrogen (secondary N) is 1. The molecule has 24 heavy (non-hydrogen) atoms. The first-order valence-corrected chi connectivity index (χ1v) is 7.51. The van der Waals surface area contributed by atoms with Crippen LogP contribution in [0.1, 0.15) is 11.1 Å². The Morgan fingerprint density at radius 2 is 1.54 bits per heavy atom. The molecule has 6 heteroatoms. The standard InChI is InChI=1S/C18H19N3O3/c1-23-14-7-3-12(4-8-14)11-18(16(22)20-17(19)21-18)13-5-9-15(24-2)10-6-13/h3-10H,11H2,1-2H3,(H3,19,20,21,22). The number of hydrogen-bond acceptors (Lipinski definition) is 5. The summed E-state index contributed by atoms with van der Waals surface area (Å²) >= 11 is 0. The number of nitrogens with zero attached hydrogens (tertiary/aromatic N) is 1. The summed E-state index contributed by atoms with van der Waals surface area (Å²) in [6, 6.07) is 14.8. The zero-order chi connectivity index (χ0) is 17.2. The van der Waals surface area contributed by atoms with Gasteiger partial charge in [0.25, 0.3) is 5.91 Å². The number of benzene rings is 2. The maximum absolute atomic E-state index is 12.6. The predicted molar refractivity (Wildman–Crippen MR) is 91.1 cm³/mol. The fourth-order valence-corrected chi connectivity index (χ4v) is 2.83. The molecule has 1 aliphatic heterocycles. The van der Waals surface area contributed by atoms with Crippen molar-refractivity contribution in [1.82, 2.24) is 5.32 Å². The van der Waals surface area contributed by atoms with E-state index in [9.17, 15) is 4.79 Å². The van der Waals surface area contributed by atoms with E-state index in [2.05, 4.69) is 10.3 Å². The molecule has 0 saturated carbocycles. The van der Waals surface area contributed by atoms with E-state index >= 15 is 0 Å².